The highest BCUT2D eigenvalue weighted by molar-refractivity contribution is 5.96. The second-order valence-corrected chi connectivity index (χ2v) is 8.57. The van der Waals surface area contributed by atoms with Crippen molar-refractivity contribution in [1.29, 1.82) is 0 Å². The van der Waals surface area contributed by atoms with Crippen LogP contribution in [0.4, 0.5) is 0 Å². The van der Waals surface area contributed by atoms with Gasteiger partial charge in [-0.05, 0) is 60.4 Å². The fraction of sp³-hybridized carbons (Fsp3) is 0.200. The van der Waals surface area contributed by atoms with Gasteiger partial charge in [-0.15, -0.1) is 0 Å². The number of nitrogens with one attached hydrogen (secondary N) is 2. The number of hydrogen-bond acceptors (Lipinski definition) is 4. The van der Waals surface area contributed by atoms with Crippen molar-refractivity contribution >= 4 is 11.8 Å². The number of hydrogen-bond donors (Lipinski definition) is 2. The summed E-state index contributed by atoms with van der Waals surface area (Å²) >= 11 is 0. The molecule has 0 aliphatic rings. The van der Waals surface area contributed by atoms with Crippen LogP contribution >= 0.6 is 0 Å². The maximum atomic E-state index is 12.5. The second-order valence-electron chi connectivity index (χ2n) is 8.57. The van der Waals surface area contributed by atoms with E-state index >= 15 is 0 Å². The van der Waals surface area contributed by atoms with Gasteiger partial charge in [-0.3, -0.25) is 19.6 Å². The number of rotatable bonds is 11. The summed E-state index contributed by atoms with van der Waals surface area (Å²) in [7, 11) is 0. The molecule has 2 amide bonds. The Morgan fingerprint density at radius 1 is 0.556 bits per heavy atom. The Hall–Kier alpha value is -4.32. The van der Waals surface area contributed by atoms with Gasteiger partial charge in [-0.25, -0.2) is 0 Å². The first-order valence-electron chi connectivity index (χ1n) is 12.3. The van der Waals surface area contributed by atoms with E-state index in [1.54, 1.807) is 24.8 Å². The van der Waals surface area contributed by atoms with E-state index in [2.05, 4.69) is 20.6 Å². The van der Waals surface area contributed by atoms with Gasteiger partial charge in [0.05, 0.1) is 0 Å². The molecule has 6 nitrogen and oxygen atoms in total. The Labute approximate surface area is 211 Å². The molecule has 4 rings (SSSR count). The lowest BCUT2D eigenvalue weighted by molar-refractivity contribution is 0.0943. The molecule has 0 saturated heterocycles. The van der Waals surface area contributed by atoms with Gasteiger partial charge in [0.25, 0.3) is 11.8 Å². The van der Waals surface area contributed by atoms with Crippen LogP contribution < -0.4 is 10.6 Å². The summed E-state index contributed by atoms with van der Waals surface area (Å²) < 4.78 is 0. The van der Waals surface area contributed by atoms with Crippen molar-refractivity contribution in [3.05, 3.63) is 109 Å². The van der Waals surface area contributed by atoms with Crippen LogP contribution in [0.1, 0.15) is 46.4 Å². The zero-order valence-corrected chi connectivity index (χ0v) is 20.2. The van der Waals surface area contributed by atoms with Crippen LogP contribution in [-0.2, 0) is 0 Å². The average molecular weight is 479 g/mol. The third-order valence-electron chi connectivity index (χ3n) is 5.91. The monoisotopic (exact) mass is 478 g/mol. The van der Waals surface area contributed by atoms with Gasteiger partial charge in [0.2, 0.25) is 0 Å². The van der Waals surface area contributed by atoms with Gasteiger partial charge in [-0.1, -0.05) is 49.2 Å². The molecular weight excluding hydrogens is 448 g/mol. The topological polar surface area (TPSA) is 84.0 Å². The molecule has 6 heteroatoms. The predicted octanol–water partition coefficient (Wildman–Crippen LogP) is 5.53. The molecule has 0 fully saturated rings. The van der Waals surface area contributed by atoms with Crippen molar-refractivity contribution in [3.8, 4) is 22.3 Å². The van der Waals surface area contributed by atoms with E-state index < -0.39 is 0 Å². The highest BCUT2D eigenvalue weighted by atomic mass is 16.2. The smallest absolute Gasteiger partial charge is 0.251 e. The number of carbonyl (C=O) groups is 2. The van der Waals surface area contributed by atoms with Crippen molar-refractivity contribution in [2.45, 2.75) is 25.7 Å². The second kappa shape index (κ2) is 13.0. The summed E-state index contributed by atoms with van der Waals surface area (Å²) in [6, 6.07) is 22.9. The van der Waals surface area contributed by atoms with Crippen molar-refractivity contribution < 1.29 is 9.59 Å². The number of carbonyl (C=O) groups excluding carboxylic acids is 2. The van der Waals surface area contributed by atoms with Gasteiger partial charge in [0.1, 0.15) is 0 Å². The molecule has 2 aromatic carbocycles. The normalized spacial score (nSPS) is 10.6. The van der Waals surface area contributed by atoms with Gasteiger partial charge < -0.3 is 10.6 Å². The standard InChI is InChI=1S/C30H30N4O2/c35-29(25-11-5-9-23(19-25)27-13-7-15-31-21-27)33-17-3-1-2-4-18-34-30(36)26-12-6-10-24(20-26)28-14-8-16-32-22-28/h5-16,19-22H,1-4,17-18H2,(H,33,35)(H,34,36). The molecule has 0 atom stereocenters. The zero-order valence-electron chi connectivity index (χ0n) is 20.2. The van der Waals surface area contributed by atoms with Gasteiger partial charge in [0, 0.05) is 60.1 Å². The molecule has 0 aliphatic heterocycles. The van der Waals surface area contributed by atoms with Gasteiger partial charge in [-0.2, -0.15) is 0 Å². The first-order chi connectivity index (χ1) is 17.7. The quantitative estimate of drug-likeness (QED) is 0.278. The third-order valence-corrected chi connectivity index (χ3v) is 5.91. The molecule has 0 saturated carbocycles. The lowest BCUT2D eigenvalue weighted by atomic mass is 10.0. The van der Waals surface area contributed by atoms with E-state index in [1.165, 1.54) is 0 Å². The summed E-state index contributed by atoms with van der Waals surface area (Å²) in [6.07, 6.45) is 10.8. The Bertz CT molecular complexity index is 1180. The molecule has 2 aromatic heterocycles. The van der Waals surface area contributed by atoms with E-state index in [9.17, 15) is 9.59 Å². The first-order valence-corrected chi connectivity index (χ1v) is 12.3. The molecular formula is C30H30N4O2. The molecule has 182 valence electrons. The molecule has 0 radical (unpaired) electrons. The molecule has 36 heavy (non-hydrogen) atoms. The zero-order chi connectivity index (χ0) is 25.0. The average Bonchev–Trinajstić information content (AvgIpc) is 2.95. The number of nitrogens with zero attached hydrogens (tertiary/aromatic N) is 2. The largest absolute Gasteiger partial charge is 0.352 e. The van der Waals surface area contributed by atoms with Crippen LogP contribution in [0, 0.1) is 0 Å². The summed E-state index contributed by atoms with van der Waals surface area (Å²) in [5.41, 5.74) is 5.21. The van der Waals surface area contributed by atoms with Crippen LogP contribution in [-0.4, -0.2) is 34.9 Å². The van der Waals surface area contributed by atoms with Crippen LogP contribution in [0.3, 0.4) is 0 Å². The van der Waals surface area contributed by atoms with E-state index in [-0.39, 0.29) is 11.8 Å². The first kappa shape index (κ1) is 24.8. The van der Waals surface area contributed by atoms with E-state index in [0.717, 1.165) is 47.9 Å². The minimum atomic E-state index is -0.0680. The number of benzene rings is 2. The number of unbranched alkanes of at least 4 members (excludes halogenated alkanes) is 3. The third kappa shape index (κ3) is 7.09. The highest BCUT2D eigenvalue weighted by Crippen LogP contribution is 2.20. The SMILES string of the molecule is O=C(NCCCCCCNC(=O)c1cccc(-c2cccnc2)c1)c1cccc(-c2cccnc2)c1. The maximum absolute atomic E-state index is 12.5. The Morgan fingerprint density at radius 2 is 1.00 bits per heavy atom. The molecule has 0 aliphatic carbocycles. The van der Waals surface area contributed by atoms with E-state index in [4.69, 9.17) is 0 Å². The molecule has 2 heterocycles. The fourth-order valence-electron chi connectivity index (χ4n) is 3.96. The van der Waals surface area contributed by atoms with Crippen molar-refractivity contribution in [2.24, 2.45) is 0 Å². The van der Waals surface area contributed by atoms with E-state index in [1.807, 2.05) is 72.8 Å². The summed E-state index contributed by atoms with van der Waals surface area (Å²) in [5, 5.41) is 6.00. The minimum absolute atomic E-state index is 0.0680. The molecule has 0 unspecified atom stereocenters. The van der Waals surface area contributed by atoms with E-state index in [0.29, 0.717) is 24.2 Å². The predicted molar refractivity (Wildman–Crippen MR) is 142 cm³/mol. The Balaban J connectivity index is 1.12. The van der Waals surface area contributed by atoms with Crippen LogP contribution in [0.2, 0.25) is 0 Å². The van der Waals surface area contributed by atoms with Crippen molar-refractivity contribution in [1.82, 2.24) is 20.6 Å². The Kier molecular flexibility index (Phi) is 8.92. The van der Waals surface area contributed by atoms with Crippen LogP contribution in [0.5, 0.6) is 0 Å². The van der Waals surface area contributed by atoms with Gasteiger partial charge >= 0.3 is 0 Å². The van der Waals surface area contributed by atoms with Crippen molar-refractivity contribution in [3.63, 3.8) is 0 Å². The van der Waals surface area contributed by atoms with Crippen LogP contribution in [0.25, 0.3) is 22.3 Å². The fourth-order valence-corrected chi connectivity index (χ4v) is 3.96. The summed E-state index contributed by atoms with van der Waals surface area (Å²) in [6.45, 7) is 1.26. The lowest BCUT2D eigenvalue weighted by Gasteiger charge is -2.08. The van der Waals surface area contributed by atoms with Crippen molar-refractivity contribution in [2.75, 3.05) is 13.1 Å². The molecule has 0 spiro atoms. The molecule has 2 N–H and O–H groups in total. The summed E-state index contributed by atoms with van der Waals surface area (Å²) in [4.78, 5) is 33.3. The van der Waals surface area contributed by atoms with Gasteiger partial charge in [0.15, 0.2) is 0 Å². The molecule has 4 aromatic rings. The Morgan fingerprint density at radius 3 is 1.42 bits per heavy atom. The lowest BCUT2D eigenvalue weighted by Crippen LogP contribution is -2.25. The maximum Gasteiger partial charge on any atom is 0.251 e. The minimum Gasteiger partial charge on any atom is -0.352 e. The summed E-state index contributed by atoms with van der Waals surface area (Å²) in [5.74, 6) is -0.136. The number of amides is 2. The number of aromatic nitrogens is 2. The molecule has 0 bridgehead atoms. The highest BCUT2D eigenvalue weighted by Gasteiger charge is 2.08. The van der Waals surface area contributed by atoms with Crippen LogP contribution in [0.15, 0.2) is 97.6 Å². The number of pyridine rings is 2.